The van der Waals surface area contributed by atoms with Crippen molar-refractivity contribution in [2.75, 3.05) is 18.9 Å². The van der Waals surface area contributed by atoms with Crippen LogP contribution in [0.2, 0.25) is 0 Å². The number of nitrogens with one attached hydrogen (secondary N) is 2. The lowest BCUT2D eigenvalue weighted by atomic mass is 9.92. The molecule has 0 spiro atoms. The van der Waals surface area contributed by atoms with Crippen LogP contribution in [0.1, 0.15) is 13.8 Å². The average Bonchev–Trinajstić information content (AvgIpc) is 2.37. The van der Waals surface area contributed by atoms with Crippen molar-refractivity contribution in [2.24, 2.45) is 19.5 Å². The van der Waals surface area contributed by atoms with Crippen molar-refractivity contribution in [3.05, 3.63) is 20.8 Å². The van der Waals surface area contributed by atoms with Crippen LogP contribution >= 0.6 is 0 Å². The summed E-state index contributed by atoms with van der Waals surface area (Å²) in [5, 5.41) is 9.21. The van der Waals surface area contributed by atoms with Crippen molar-refractivity contribution in [2.45, 2.75) is 13.8 Å². The number of hydrogen-bond donors (Lipinski definition) is 2. The highest BCUT2D eigenvalue weighted by Gasteiger charge is 2.27. The van der Waals surface area contributed by atoms with E-state index in [1.54, 1.807) is 20.9 Å². The van der Waals surface area contributed by atoms with E-state index in [0.29, 0.717) is 0 Å². The summed E-state index contributed by atoms with van der Waals surface area (Å²) in [6.45, 7) is 3.71. The van der Waals surface area contributed by atoms with Gasteiger partial charge >= 0.3 is 5.69 Å². The van der Waals surface area contributed by atoms with E-state index in [-0.39, 0.29) is 18.3 Å². The molecule has 1 amide bonds. The lowest BCUT2D eigenvalue weighted by Crippen LogP contribution is -2.43. The molecule has 8 heteroatoms. The van der Waals surface area contributed by atoms with Crippen LogP contribution in [0.25, 0.3) is 0 Å². The van der Waals surface area contributed by atoms with Gasteiger partial charge in [0.1, 0.15) is 0 Å². The minimum absolute atomic E-state index is 0.0431. The summed E-state index contributed by atoms with van der Waals surface area (Å²) in [5.41, 5.74) is -1.72. The smallest absolute Gasteiger partial charge is 0.346 e. The molecule has 2 N–H and O–H groups in total. The maximum atomic E-state index is 11.8. The molecular weight excluding hydrogens is 250 g/mol. The van der Waals surface area contributed by atoms with Crippen molar-refractivity contribution in [3.8, 4) is 0 Å². The fourth-order valence-corrected chi connectivity index (χ4v) is 1.53. The number of hydrogen-bond acceptors (Lipinski definition) is 5. The molecule has 0 saturated carbocycles. The van der Waals surface area contributed by atoms with Crippen molar-refractivity contribution < 1.29 is 4.79 Å². The zero-order chi connectivity index (χ0) is 14.8. The number of rotatable bonds is 4. The molecule has 0 bridgehead atoms. The van der Waals surface area contributed by atoms with Gasteiger partial charge in [0.2, 0.25) is 11.7 Å². The van der Waals surface area contributed by atoms with Gasteiger partial charge < -0.3 is 10.6 Å². The first-order chi connectivity index (χ1) is 8.70. The van der Waals surface area contributed by atoms with Crippen molar-refractivity contribution >= 4 is 11.7 Å². The fourth-order valence-electron chi connectivity index (χ4n) is 1.53. The van der Waals surface area contributed by atoms with Crippen LogP contribution in [0.4, 0.5) is 5.82 Å². The van der Waals surface area contributed by atoms with Crippen LogP contribution in [-0.4, -0.2) is 33.8 Å². The predicted octanol–water partition coefficient (Wildman–Crippen LogP) is -1.34. The van der Waals surface area contributed by atoms with E-state index in [1.807, 2.05) is 0 Å². The topological polar surface area (TPSA) is 98.0 Å². The Kier molecular flexibility index (Phi) is 4.13. The summed E-state index contributed by atoms with van der Waals surface area (Å²) >= 11 is 0. The van der Waals surface area contributed by atoms with Crippen LogP contribution < -0.4 is 21.9 Å². The predicted molar refractivity (Wildman–Crippen MR) is 71.1 cm³/mol. The van der Waals surface area contributed by atoms with E-state index in [1.165, 1.54) is 14.1 Å². The fraction of sp³-hybridized carbons (Fsp3) is 0.636. The first kappa shape index (κ1) is 14.9. The maximum absolute atomic E-state index is 11.8. The molecule has 1 heterocycles. The van der Waals surface area contributed by atoms with E-state index in [2.05, 4.69) is 15.7 Å². The molecule has 0 fully saturated rings. The van der Waals surface area contributed by atoms with Crippen LogP contribution in [0, 0.1) is 5.41 Å². The Morgan fingerprint density at radius 2 is 1.89 bits per heavy atom. The van der Waals surface area contributed by atoms with Gasteiger partial charge in [0.25, 0.3) is 5.56 Å². The first-order valence-electron chi connectivity index (χ1n) is 5.81. The monoisotopic (exact) mass is 269 g/mol. The zero-order valence-electron chi connectivity index (χ0n) is 11.8. The summed E-state index contributed by atoms with van der Waals surface area (Å²) in [7, 11) is 4.38. The molecule has 0 aromatic carbocycles. The highest BCUT2D eigenvalue weighted by Crippen LogP contribution is 2.14. The van der Waals surface area contributed by atoms with Crippen LogP contribution in [-0.2, 0) is 18.9 Å². The third-order valence-electron chi connectivity index (χ3n) is 2.86. The van der Waals surface area contributed by atoms with Gasteiger partial charge in [0.15, 0.2) is 0 Å². The van der Waals surface area contributed by atoms with Gasteiger partial charge in [0, 0.05) is 27.7 Å². The molecule has 0 unspecified atom stereocenters. The Bertz CT molecular complexity index is 599. The molecule has 106 valence electrons. The van der Waals surface area contributed by atoms with Gasteiger partial charge in [-0.1, -0.05) is 0 Å². The van der Waals surface area contributed by atoms with E-state index < -0.39 is 16.7 Å². The Morgan fingerprint density at radius 3 is 2.42 bits per heavy atom. The minimum atomic E-state index is -0.698. The first-order valence-corrected chi connectivity index (χ1v) is 5.81. The molecule has 1 aromatic heterocycles. The number of aromatic nitrogens is 3. The van der Waals surface area contributed by atoms with Crippen molar-refractivity contribution in [3.63, 3.8) is 0 Å². The molecule has 0 atom stereocenters. The highest BCUT2D eigenvalue weighted by atomic mass is 16.2. The van der Waals surface area contributed by atoms with Gasteiger partial charge in [-0.3, -0.25) is 14.2 Å². The highest BCUT2D eigenvalue weighted by molar-refractivity contribution is 5.82. The Morgan fingerprint density at radius 1 is 1.32 bits per heavy atom. The standard InChI is InChI=1S/C11H19N5O3/c1-11(2,9(18)12-3)6-13-7-8(17)15(4)10(19)16(5)14-7/h6H2,1-5H3,(H,12,18)(H,13,14). The van der Waals surface area contributed by atoms with E-state index in [0.717, 1.165) is 9.25 Å². The molecule has 0 aliphatic carbocycles. The number of aryl methyl sites for hydroxylation is 1. The van der Waals surface area contributed by atoms with Gasteiger partial charge in [-0.15, -0.1) is 5.10 Å². The number of carbonyl (C=O) groups is 1. The SMILES string of the molecule is CNC(=O)C(C)(C)CNc1nn(C)c(=O)n(C)c1=O. The third kappa shape index (κ3) is 3.01. The van der Waals surface area contributed by atoms with Crippen LogP contribution in [0.3, 0.4) is 0 Å². The van der Waals surface area contributed by atoms with Crippen LogP contribution in [0.5, 0.6) is 0 Å². The van der Waals surface area contributed by atoms with Gasteiger partial charge in [-0.2, -0.15) is 0 Å². The van der Waals surface area contributed by atoms with Crippen molar-refractivity contribution in [1.29, 1.82) is 0 Å². The Balaban J connectivity index is 3.00. The maximum Gasteiger partial charge on any atom is 0.346 e. The average molecular weight is 269 g/mol. The summed E-state index contributed by atoms with van der Waals surface area (Å²) in [6, 6.07) is 0. The Labute approximate surface area is 110 Å². The lowest BCUT2D eigenvalue weighted by molar-refractivity contribution is -0.128. The summed E-state index contributed by atoms with van der Waals surface area (Å²) in [5.74, 6) is -0.108. The van der Waals surface area contributed by atoms with Gasteiger partial charge in [-0.25, -0.2) is 9.48 Å². The molecular formula is C11H19N5O3. The molecule has 0 aliphatic heterocycles. The largest absolute Gasteiger partial charge is 0.363 e. The number of amides is 1. The second-order valence-electron chi connectivity index (χ2n) is 4.94. The minimum Gasteiger partial charge on any atom is -0.363 e. The van der Waals surface area contributed by atoms with Crippen LogP contribution in [0.15, 0.2) is 9.59 Å². The number of carbonyl (C=O) groups excluding carboxylic acids is 1. The van der Waals surface area contributed by atoms with Gasteiger partial charge in [-0.05, 0) is 13.8 Å². The summed E-state index contributed by atoms with van der Waals surface area (Å²) in [4.78, 5) is 34.9. The van der Waals surface area contributed by atoms with E-state index in [9.17, 15) is 14.4 Å². The molecule has 1 aromatic rings. The normalized spacial score (nSPS) is 11.2. The number of nitrogens with zero attached hydrogens (tertiary/aromatic N) is 3. The Hall–Kier alpha value is -2.12. The second kappa shape index (κ2) is 5.25. The lowest BCUT2D eigenvalue weighted by Gasteiger charge is -2.22. The number of anilines is 1. The summed E-state index contributed by atoms with van der Waals surface area (Å²) in [6.07, 6.45) is 0. The van der Waals surface area contributed by atoms with Gasteiger partial charge in [0.05, 0.1) is 5.41 Å². The molecule has 1 rings (SSSR count). The molecule has 8 nitrogen and oxygen atoms in total. The molecule has 0 radical (unpaired) electrons. The molecule has 0 aliphatic rings. The third-order valence-corrected chi connectivity index (χ3v) is 2.86. The second-order valence-corrected chi connectivity index (χ2v) is 4.94. The van der Waals surface area contributed by atoms with Crippen molar-refractivity contribution in [1.82, 2.24) is 19.7 Å². The summed E-state index contributed by atoms with van der Waals surface area (Å²) < 4.78 is 2.03. The zero-order valence-corrected chi connectivity index (χ0v) is 11.8. The molecule has 0 saturated heterocycles. The molecule has 19 heavy (non-hydrogen) atoms. The van der Waals surface area contributed by atoms with E-state index >= 15 is 0 Å². The quantitative estimate of drug-likeness (QED) is 0.705. The van der Waals surface area contributed by atoms with E-state index in [4.69, 9.17) is 0 Å².